The Morgan fingerprint density at radius 2 is 1.85 bits per heavy atom. The van der Waals surface area contributed by atoms with Gasteiger partial charge < -0.3 is 10.0 Å². The minimum atomic E-state index is -0.860. The van der Waals surface area contributed by atoms with E-state index in [1.807, 2.05) is 6.92 Å². The monoisotopic (exact) mass is 274 g/mol. The number of carboxylic acids is 1. The molecule has 20 heavy (non-hydrogen) atoms. The Balaban J connectivity index is 1.86. The number of aromatic carboxylic acids is 1. The highest BCUT2D eigenvalue weighted by molar-refractivity contribution is 5.88. The molecular weight excluding hydrogens is 252 g/mol. The van der Waals surface area contributed by atoms with Crippen molar-refractivity contribution in [2.75, 3.05) is 18.0 Å². The summed E-state index contributed by atoms with van der Waals surface area (Å²) in [5.74, 6) is 1.57. The third-order valence-corrected chi connectivity index (χ3v) is 4.15. The zero-order valence-corrected chi connectivity index (χ0v) is 12.0. The Hall–Kier alpha value is -1.58. The van der Waals surface area contributed by atoms with Gasteiger partial charge in [-0.2, -0.15) is 0 Å². The van der Waals surface area contributed by atoms with Gasteiger partial charge in [-0.1, -0.05) is 6.92 Å². The maximum atomic E-state index is 11.3. The fraction of sp³-hybridized carbons (Fsp3) is 0.625. The minimum Gasteiger partial charge on any atom is -0.478 e. The molecule has 2 fully saturated rings. The van der Waals surface area contributed by atoms with Crippen molar-refractivity contribution in [1.29, 1.82) is 0 Å². The predicted molar refractivity (Wildman–Crippen MR) is 78.2 cm³/mol. The lowest BCUT2D eigenvalue weighted by molar-refractivity contribution is 0.0696. The van der Waals surface area contributed by atoms with E-state index in [1.54, 1.807) is 12.1 Å². The van der Waals surface area contributed by atoms with E-state index < -0.39 is 5.97 Å². The first kappa shape index (κ1) is 13.4. The number of hydrogen-bond acceptors (Lipinski definition) is 3. The summed E-state index contributed by atoms with van der Waals surface area (Å²) in [4.78, 5) is 18.2. The number of rotatable bonds is 7. The lowest BCUT2D eigenvalue weighted by Crippen LogP contribution is -2.29. The van der Waals surface area contributed by atoms with E-state index in [9.17, 15) is 9.90 Å². The van der Waals surface area contributed by atoms with Crippen LogP contribution in [0.4, 0.5) is 5.82 Å². The van der Waals surface area contributed by atoms with E-state index in [0.717, 1.165) is 42.9 Å². The molecule has 0 spiro atoms. The van der Waals surface area contributed by atoms with Gasteiger partial charge in [-0.3, -0.25) is 0 Å². The topological polar surface area (TPSA) is 53.4 Å². The van der Waals surface area contributed by atoms with Crippen LogP contribution >= 0.6 is 0 Å². The van der Waals surface area contributed by atoms with Crippen molar-refractivity contribution in [3.63, 3.8) is 0 Å². The number of aromatic nitrogens is 1. The number of carbonyl (C=O) groups is 1. The van der Waals surface area contributed by atoms with Gasteiger partial charge in [0.15, 0.2) is 0 Å². The normalized spacial score (nSPS) is 18.1. The number of carboxylic acid groups (broad SMARTS) is 1. The van der Waals surface area contributed by atoms with Gasteiger partial charge in [0.05, 0.1) is 5.56 Å². The van der Waals surface area contributed by atoms with E-state index in [4.69, 9.17) is 0 Å². The van der Waals surface area contributed by atoms with Crippen molar-refractivity contribution in [3.05, 3.63) is 23.4 Å². The number of hydrogen-bond donors (Lipinski definition) is 1. The summed E-state index contributed by atoms with van der Waals surface area (Å²) in [5.41, 5.74) is 1.24. The molecule has 1 aromatic heterocycles. The SMILES string of the molecule is CCc1cc(C(=O)O)cc(N(CC2CC2)CC2CC2)n1. The molecule has 2 aliphatic rings. The molecule has 0 aliphatic heterocycles. The first-order chi connectivity index (χ1) is 9.65. The van der Waals surface area contributed by atoms with Gasteiger partial charge in [0, 0.05) is 18.8 Å². The molecule has 0 bridgehead atoms. The van der Waals surface area contributed by atoms with Crippen molar-refractivity contribution >= 4 is 11.8 Å². The summed E-state index contributed by atoms with van der Waals surface area (Å²) in [7, 11) is 0. The lowest BCUT2D eigenvalue weighted by Gasteiger charge is -2.24. The third kappa shape index (κ3) is 3.30. The number of aryl methyl sites for hydroxylation is 1. The van der Waals surface area contributed by atoms with Crippen molar-refractivity contribution in [3.8, 4) is 0 Å². The molecule has 0 radical (unpaired) electrons. The molecular formula is C16H22N2O2. The van der Waals surface area contributed by atoms with Gasteiger partial charge in [-0.25, -0.2) is 9.78 Å². The van der Waals surface area contributed by atoms with Crippen molar-refractivity contribution < 1.29 is 9.90 Å². The highest BCUT2D eigenvalue weighted by atomic mass is 16.4. The number of pyridine rings is 1. The molecule has 0 unspecified atom stereocenters. The molecule has 1 N–H and O–H groups in total. The van der Waals surface area contributed by atoms with E-state index in [1.165, 1.54) is 25.7 Å². The summed E-state index contributed by atoms with van der Waals surface area (Å²) >= 11 is 0. The van der Waals surface area contributed by atoms with E-state index in [2.05, 4.69) is 9.88 Å². The Labute approximate surface area is 119 Å². The first-order valence-corrected chi connectivity index (χ1v) is 7.65. The predicted octanol–water partition coefficient (Wildman–Crippen LogP) is 2.97. The fourth-order valence-corrected chi connectivity index (χ4v) is 2.52. The molecule has 1 aromatic rings. The highest BCUT2D eigenvalue weighted by Gasteiger charge is 2.30. The summed E-state index contributed by atoms with van der Waals surface area (Å²) < 4.78 is 0. The standard InChI is InChI=1S/C16H22N2O2/c1-2-14-7-13(16(19)20)8-15(17-14)18(9-11-3-4-11)10-12-5-6-12/h7-8,11-12H,2-6,9-10H2,1H3,(H,19,20). The van der Waals surface area contributed by atoms with Crippen LogP contribution in [-0.4, -0.2) is 29.1 Å². The zero-order valence-electron chi connectivity index (χ0n) is 12.0. The zero-order chi connectivity index (χ0) is 14.1. The smallest absolute Gasteiger partial charge is 0.335 e. The molecule has 1 heterocycles. The Bertz CT molecular complexity index is 493. The summed E-state index contributed by atoms with van der Waals surface area (Å²) in [6.45, 7) is 4.09. The maximum Gasteiger partial charge on any atom is 0.335 e. The Morgan fingerprint density at radius 1 is 1.25 bits per heavy atom. The molecule has 2 saturated carbocycles. The maximum absolute atomic E-state index is 11.3. The average Bonchev–Trinajstić information content (AvgIpc) is 3.32. The van der Waals surface area contributed by atoms with Crippen molar-refractivity contribution in [1.82, 2.24) is 4.98 Å². The highest BCUT2D eigenvalue weighted by Crippen LogP contribution is 2.35. The van der Waals surface area contributed by atoms with Crippen LogP contribution in [0.5, 0.6) is 0 Å². The molecule has 3 rings (SSSR count). The molecule has 0 aromatic carbocycles. The van der Waals surface area contributed by atoms with Crippen LogP contribution < -0.4 is 4.90 Å². The van der Waals surface area contributed by atoms with Crippen molar-refractivity contribution in [2.24, 2.45) is 11.8 Å². The molecule has 0 amide bonds. The van der Waals surface area contributed by atoms with Crippen LogP contribution in [0.1, 0.15) is 48.7 Å². The van der Waals surface area contributed by atoms with Gasteiger partial charge in [-0.15, -0.1) is 0 Å². The first-order valence-electron chi connectivity index (χ1n) is 7.65. The molecule has 0 atom stereocenters. The van der Waals surface area contributed by atoms with Gasteiger partial charge in [-0.05, 0) is 56.1 Å². The summed E-state index contributed by atoms with van der Waals surface area (Å²) in [6.07, 6.45) is 6.00. The van der Waals surface area contributed by atoms with Crippen LogP contribution in [0.3, 0.4) is 0 Å². The van der Waals surface area contributed by atoms with Gasteiger partial charge in [0.25, 0.3) is 0 Å². The largest absolute Gasteiger partial charge is 0.478 e. The second kappa shape index (κ2) is 5.43. The van der Waals surface area contributed by atoms with Gasteiger partial charge >= 0.3 is 5.97 Å². The van der Waals surface area contributed by atoms with E-state index >= 15 is 0 Å². The number of nitrogens with zero attached hydrogens (tertiary/aromatic N) is 2. The molecule has 4 nitrogen and oxygen atoms in total. The fourth-order valence-electron chi connectivity index (χ4n) is 2.52. The second-order valence-electron chi connectivity index (χ2n) is 6.16. The van der Waals surface area contributed by atoms with E-state index in [0.29, 0.717) is 5.56 Å². The molecule has 108 valence electrons. The summed E-state index contributed by atoms with van der Waals surface area (Å²) in [5, 5.41) is 9.25. The minimum absolute atomic E-state index is 0.364. The van der Waals surface area contributed by atoms with Crippen LogP contribution in [0, 0.1) is 11.8 Å². The molecule has 2 aliphatic carbocycles. The van der Waals surface area contributed by atoms with Crippen LogP contribution in [0.25, 0.3) is 0 Å². The van der Waals surface area contributed by atoms with E-state index in [-0.39, 0.29) is 0 Å². The number of anilines is 1. The average molecular weight is 274 g/mol. The Kier molecular flexibility index (Phi) is 3.64. The van der Waals surface area contributed by atoms with Crippen molar-refractivity contribution in [2.45, 2.75) is 39.0 Å². The molecule has 4 heteroatoms. The molecule has 0 saturated heterocycles. The van der Waals surface area contributed by atoms with Crippen LogP contribution in [0.2, 0.25) is 0 Å². The van der Waals surface area contributed by atoms with Gasteiger partial charge in [0.2, 0.25) is 0 Å². The van der Waals surface area contributed by atoms with Gasteiger partial charge in [0.1, 0.15) is 5.82 Å². The quantitative estimate of drug-likeness (QED) is 0.830. The van der Waals surface area contributed by atoms with Crippen LogP contribution in [0.15, 0.2) is 12.1 Å². The second-order valence-corrected chi connectivity index (χ2v) is 6.16. The Morgan fingerprint density at radius 3 is 2.30 bits per heavy atom. The third-order valence-electron chi connectivity index (χ3n) is 4.15. The lowest BCUT2D eigenvalue weighted by atomic mass is 10.2. The van der Waals surface area contributed by atoms with Crippen LogP contribution in [-0.2, 0) is 6.42 Å². The summed E-state index contributed by atoms with van der Waals surface area (Å²) in [6, 6.07) is 3.44.